The normalized spacial score (nSPS) is 14.1. The Bertz CT molecular complexity index is 1850. The van der Waals surface area contributed by atoms with Gasteiger partial charge in [-0.1, -0.05) is 0 Å². The molecular weight excluding hydrogens is 507 g/mol. The van der Waals surface area contributed by atoms with Crippen LogP contribution in [0.4, 0.5) is 4.39 Å². The van der Waals surface area contributed by atoms with Crippen molar-refractivity contribution in [1.29, 1.82) is 0 Å². The fraction of sp³-hybridized carbons (Fsp3) is 0.267. The Labute approximate surface area is 230 Å². The number of pyridine rings is 2. The predicted molar refractivity (Wildman–Crippen MR) is 152 cm³/mol. The second-order valence-corrected chi connectivity index (χ2v) is 10.3. The predicted octanol–water partition coefficient (Wildman–Crippen LogP) is 5.49. The molecule has 9 nitrogen and oxygen atoms in total. The number of halogens is 1. The van der Waals surface area contributed by atoms with Gasteiger partial charge in [0.1, 0.15) is 24.0 Å². The van der Waals surface area contributed by atoms with Crippen molar-refractivity contribution in [2.24, 2.45) is 7.05 Å². The molecule has 202 valence electrons. The molecule has 0 radical (unpaired) electrons. The molecule has 0 saturated carbocycles. The molecule has 1 fully saturated rings. The van der Waals surface area contributed by atoms with Crippen LogP contribution in [0.1, 0.15) is 18.7 Å². The first-order chi connectivity index (χ1) is 19.5. The molecule has 5 aromatic heterocycles. The van der Waals surface area contributed by atoms with Crippen molar-refractivity contribution in [2.75, 3.05) is 26.2 Å². The van der Waals surface area contributed by atoms with Gasteiger partial charge in [-0.05, 0) is 63.2 Å². The molecule has 0 amide bonds. The molecule has 6 aromatic rings. The lowest BCUT2D eigenvalue weighted by atomic mass is 10.1. The number of imidazole rings is 1. The van der Waals surface area contributed by atoms with E-state index in [9.17, 15) is 4.39 Å². The molecule has 0 unspecified atom stereocenters. The van der Waals surface area contributed by atoms with E-state index in [0.717, 1.165) is 64.4 Å². The maximum Gasteiger partial charge on any atom is 0.181 e. The minimum Gasteiger partial charge on any atom is -0.492 e. The number of nitrogens with zero attached hydrogens (tertiary/aromatic N) is 6. The van der Waals surface area contributed by atoms with Crippen molar-refractivity contribution in [3.63, 3.8) is 0 Å². The zero-order valence-electron chi connectivity index (χ0n) is 22.4. The van der Waals surface area contributed by atoms with Crippen LogP contribution in [-0.4, -0.2) is 65.8 Å². The summed E-state index contributed by atoms with van der Waals surface area (Å²) in [5, 5.41) is 9.33. The maximum atomic E-state index is 14.7. The topological polar surface area (TPSA) is 101 Å². The molecule has 1 aliphatic rings. The second-order valence-electron chi connectivity index (χ2n) is 10.3. The fourth-order valence-corrected chi connectivity index (χ4v) is 5.52. The van der Waals surface area contributed by atoms with Gasteiger partial charge in [0.15, 0.2) is 5.65 Å². The second kappa shape index (κ2) is 9.87. The lowest BCUT2D eigenvalue weighted by Gasteiger charge is -2.15. The molecule has 2 N–H and O–H groups in total. The summed E-state index contributed by atoms with van der Waals surface area (Å²) in [4.78, 5) is 19.5. The molecule has 0 atom stereocenters. The van der Waals surface area contributed by atoms with Gasteiger partial charge in [0, 0.05) is 59.5 Å². The Balaban J connectivity index is 1.23. The number of likely N-dealkylation sites (tertiary alicyclic amines) is 1. The van der Waals surface area contributed by atoms with E-state index in [1.807, 2.05) is 49.1 Å². The summed E-state index contributed by atoms with van der Waals surface area (Å²) in [7, 11) is 1.99. The third-order valence-electron chi connectivity index (χ3n) is 7.76. The number of aromatic amines is 2. The lowest BCUT2D eigenvalue weighted by Crippen LogP contribution is -2.25. The number of benzene rings is 1. The van der Waals surface area contributed by atoms with Crippen molar-refractivity contribution in [3.05, 3.63) is 66.6 Å². The molecule has 0 aliphatic carbocycles. The number of H-pyrrole nitrogens is 2. The highest BCUT2D eigenvalue weighted by Crippen LogP contribution is 2.35. The molecule has 10 heteroatoms. The highest BCUT2D eigenvalue weighted by atomic mass is 19.1. The van der Waals surface area contributed by atoms with Crippen molar-refractivity contribution >= 4 is 21.9 Å². The van der Waals surface area contributed by atoms with Crippen molar-refractivity contribution in [2.45, 2.75) is 19.8 Å². The van der Waals surface area contributed by atoms with E-state index in [1.165, 1.54) is 25.0 Å². The van der Waals surface area contributed by atoms with Gasteiger partial charge in [-0.2, -0.15) is 5.10 Å². The summed E-state index contributed by atoms with van der Waals surface area (Å²) in [6, 6.07) is 10.8. The van der Waals surface area contributed by atoms with Gasteiger partial charge < -0.3 is 14.3 Å². The molecule has 0 bridgehead atoms. The van der Waals surface area contributed by atoms with E-state index < -0.39 is 0 Å². The van der Waals surface area contributed by atoms with E-state index in [4.69, 9.17) is 4.74 Å². The first-order valence-electron chi connectivity index (χ1n) is 13.5. The van der Waals surface area contributed by atoms with Crippen LogP contribution in [0, 0.1) is 12.7 Å². The van der Waals surface area contributed by atoms with Crippen LogP contribution in [0.3, 0.4) is 0 Å². The molecule has 1 aliphatic heterocycles. The van der Waals surface area contributed by atoms with Crippen molar-refractivity contribution < 1.29 is 9.13 Å². The number of fused-ring (bicyclic) bond motifs is 2. The molecule has 1 aromatic carbocycles. The van der Waals surface area contributed by atoms with Gasteiger partial charge in [-0.15, -0.1) is 0 Å². The van der Waals surface area contributed by atoms with Crippen LogP contribution in [0.2, 0.25) is 0 Å². The van der Waals surface area contributed by atoms with Gasteiger partial charge in [-0.25, -0.2) is 14.4 Å². The summed E-state index contributed by atoms with van der Waals surface area (Å²) >= 11 is 0. The summed E-state index contributed by atoms with van der Waals surface area (Å²) in [6.07, 6.45) is 7.85. The fourth-order valence-electron chi connectivity index (χ4n) is 5.52. The molecule has 7 rings (SSSR count). The van der Waals surface area contributed by atoms with Gasteiger partial charge >= 0.3 is 0 Å². The highest BCUT2D eigenvalue weighted by molar-refractivity contribution is 6.00. The number of aromatic nitrogens is 7. The minimum absolute atomic E-state index is 0.355. The number of hydrogen-bond donors (Lipinski definition) is 2. The largest absolute Gasteiger partial charge is 0.492 e. The maximum absolute atomic E-state index is 14.7. The van der Waals surface area contributed by atoms with Crippen LogP contribution >= 0.6 is 0 Å². The Kier molecular flexibility index (Phi) is 6.04. The Morgan fingerprint density at radius 1 is 0.975 bits per heavy atom. The molecule has 40 heavy (non-hydrogen) atoms. The molecule has 1 saturated heterocycles. The van der Waals surface area contributed by atoms with Crippen LogP contribution in [0.5, 0.6) is 5.75 Å². The zero-order valence-corrected chi connectivity index (χ0v) is 22.4. The SMILES string of the molecule is Cc1ncc(-c2cnc3n[nH]c(-c4cc5c(-c6cc(F)cc(OCCN7CCCC7)c6)nccc5[nH]4)c3c2)n1C. The van der Waals surface area contributed by atoms with Gasteiger partial charge in [0.05, 0.1) is 29.0 Å². The third kappa shape index (κ3) is 4.40. The smallest absolute Gasteiger partial charge is 0.181 e. The van der Waals surface area contributed by atoms with E-state index in [0.29, 0.717) is 29.3 Å². The average Bonchev–Trinajstić information content (AvgIpc) is 3.75. The van der Waals surface area contributed by atoms with Crippen LogP contribution in [0.15, 0.2) is 55.0 Å². The van der Waals surface area contributed by atoms with E-state index in [-0.39, 0.29) is 5.82 Å². The Morgan fingerprint density at radius 3 is 2.67 bits per heavy atom. The van der Waals surface area contributed by atoms with E-state index in [1.54, 1.807) is 6.20 Å². The van der Waals surface area contributed by atoms with Crippen LogP contribution in [0.25, 0.3) is 55.8 Å². The highest BCUT2D eigenvalue weighted by Gasteiger charge is 2.17. The third-order valence-corrected chi connectivity index (χ3v) is 7.76. The molecule has 0 spiro atoms. The summed E-state index contributed by atoms with van der Waals surface area (Å²) in [5.74, 6) is 1.08. The first-order valence-corrected chi connectivity index (χ1v) is 13.5. The van der Waals surface area contributed by atoms with Gasteiger partial charge in [0.25, 0.3) is 0 Å². The Hall–Kier alpha value is -4.57. The lowest BCUT2D eigenvalue weighted by molar-refractivity contribution is 0.237. The van der Waals surface area contributed by atoms with Crippen molar-refractivity contribution in [1.82, 2.24) is 39.6 Å². The monoisotopic (exact) mass is 536 g/mol. The average molecular weight is 537 g/mol. The summed E-state index contributed by atoms with van der Waals surface area (Å²) in [5.41, 5.74) is 6.43. The van der Waals surface area contributed by atoms with Crippen LogP contribution < -0.4 is 4.74 Å². The number of aryl methyl sites for hydroxylation is 1. The summed E-state index contributed by atoms with van der Waals surface area (Å²) in [6.45, 7) is 5.54. The van der Waals surface area contributed by atoms with Gasteiger partial charge in [-0.3, -0.25) is 15.0 Å². The van der Waals surface area contributed by atoms with Gasteiger partial charge in [0.2, 0.25) is 0 Å². The molecule has 6 heterocycles. The zero-order chi connectivity index (χ0) is 27.2. The number of rotatable bonds is 7. The summed E-state index contributed by atoms with van der Waals surface area (Å²) < 4.78 is 22.7. The number of ether oxygens (including phenoxy) is 1. The van der Waals surface area contributed by atoms with Crippen LogP contribution in [-0.2, 0) is 7.05 Å². The van der Waals surface area contributed by atoms with E-state index >= 15 is 0 Å². The first kappa shape index (κ1) is 24.5. The van der Waals surface area contributed by atoms with Crippen molar-refractivity contribution in [3.8, 4) is 39.7 Å². The number of hydrogen-bond acceptors (Lipinski definition) is 6. The standard InChI is InChI=1S/C30H29FN8O/c1-18-33-17-27(38(18)2)20-13-24-29(36-37-30(24)34-16-20)26-15-23-25(35-26)5-6-32-28(23)19-11-21(31)14-22(12-19)40-10-9-39-7-3-4-8-39/h5-6,11-17,35H,3-4,7-10H2,1-2H3,(H,34,36,37). The minimum atomic E-state index is -0.355. The van der Waals surface area contributed by atoms with E-state index in [2.05, 4.69) is 41.1 Å². The quantitative estimate of drug-likeness (QED) is 0.280. The Morgan fingerprint density at radius 2 is 1.85 bits per heavy atom. The molecular formula is C30H29FN8O. The number of nitrogens with one attached hydrogen (secondary N) is 2.